The maximum Gasteiger partial charge on any atom is 0.123 e. The minimum Gasteiger partial charge on any atom is -0.335 e. The van der Waals surface area contributed by atoms with Gasteiger partial charge in [0.15, 0.2) is 0 Å². The molecule has 2 heteroatoms. The zero-order valence-electron chi connectivity index (χ0n) is 32.0. The van der Waals surface area contributed by atoms with Gasteiger partial charge < -0.3 is 4.90 Å². The molecule has 1 nitrogen and oxygen atoms in total. The van der Waals surface area contributed by atoms with Crippen LogP contribution in [0, 0.1) is 11.2 Å². The van der Waals surface area contributed by atoms with E-state index in [0.717, 1.165) is 18.5 Å². The Morgan fingerprint density at radius 1 is 0.536 bits per heavy atom. The van der Waals surface area contributed by atoms with E-state index >= 15 is 0 Å². The highest BCUT2D eigenvalue weighted by Crippen LogP contribution is 2.60. The summed E-state index contributed by atoms with van der Waals surface area (Å²) in [5.41, 5.74) is 13.5. The van der Waals surface area contributed by atoms with Crippen molar-refractivity contribution in [1.82, 2.24) is 0 Å². The zero-order valence-corrected chi connectivity index (χ0v) is 32.0. The van der Waals surface area contributed by atoms with Crippen LogP contribution in [0.25, 0.3) is 43.8 Å². The van der Waals surface area contributed by atoms with Crippen LogP contribution in [0.5, 0.6) is 0 Å². The van der Waals surface area contributed by atoms with Crippen LogP contribution in [0.3, 0.4) is 0 Å². The molecule has 0 amide bonds. The van der Waals surface area contributed by atoms with E-state index in [1.807, 2.05) is 12.1 Å². The molecule has 1 aliphatic heterocycles. The average molecular weight is 726 g/mol. The number of halogens is 1. The molecule has 11 rings (SSSR count). The molecule has 0 bridgehead atoms. The Balaban J connectivity index is 1.15. The highest BCUT2D eigenvalue weighted by molar-refractivity contribution is 6.14. The fourth-order valence-corrected chi connectivity index (χ4v) is 11.3. The number of hydrogen-bond donors (Lipinski definition) is 0. The van der Waals surface area contributed by atoms with Crippen LogP contribution in [0.15, 0.2) is 170 Å². The first-order valence-corrected chi connectivity index (χ1v) is 20.3. The summed E-state index contributed by atoms with van der Waals surface area (Å²) in [6.45, 7) is 4.94. The predicted molar refractivity (Wildman–Crippen MR) is 231 cm³/mol. The summed E-state index contributed by atoms with van der Waals surface area (Å²) in [6.07, 6.45) is 5.79. The summed E-state index contributed by atoms with van der Waals surface area (Å²) in [6, 6.07) is 61.9. The number of rotatable bonds is 4. The van der Waals surface area contributed by atoms with Crippen molar-refractivity contribution in [2.24, 2.45) is 5.41 Å². The van der Waals surface area contributed by atoms with Gasteiger partial charge in [0.05, 0.1) is 5.41 Å². The van der Waals surface area contributed by atoms with Gasteiger partial charge in [-0.15, -0.1) is 0 Å². The Labute approximate surface area is 329 Å². The van der Waals surface area contributed by atoms with Crippen molar-refractivity contribution in [2.45, 2.75) is 56.9 Å². The molecular formula is C54H44FN. The highest BCUT2D eigenvalue weighted by atomic mass is 19.1. The molecule has 2 aliphatic carbocycles. The largest absolute Gasteiger partial charge is 0.335 e. The molecule has 0 N–H and O–H groups in total. The van der Waals surface area contributed by atoms with Crippen LogP contribution in [0.1, 0.15) is 67.3 Å². The fourth-order valence-electron chi connectivity index (χ4n) is 11.3. The maximum atomic E-state index is 14.3. The lowest BCUT2D eigenvalue weighted by Crippen LogP contribution is -2.60. The molecular weight excluding hydrogens is 682 g/mol. The van der Waals surface area contributed by atoms with E-state index in [1.165, 1.54) is 96.6 Å². The van der Waals surface area contributed by atoms with E-state index in [9.17, 15) is 4.39 Å². The van der Waals surface area contributed by atoms with Crippen LogP contribution >= 0.6 is 0 Å². The highest BCUT2D eigenvalue weighted by Gasteiger charge is 2.54. The number of fused-ring (bicyclic) bond motifs is 9. The summed E-state index contributed by atoms with van der Waals surface area (Å²) >= 11 is 0. The normalized spacial score (nSPS) is 20.7. The second-order valence-corrected chi connectivity index (χ2v) is 17.0. The van der Waals surface area contributed by atoms with Gasteiger partial charge in [0.25, 0.3) is 0 Å². The Morgan fingerprint density at radius 2 is 1.20 bits per heavy atom. The lowest BCUT2D eigenvalue weighted by molar-refractivity contribution is 0.0863. The Hall–Kier alpha value is -5.99. The van der Waals surface area contributed by atoms with Gasteiger partial charge in [0.1, 0.15) is 5.82 Å². The Kier molecular flexibility index (Phi) is 7.30. The molecule has 0 radical (unpaired) electrons. The standard InChI is InChI=1S/C54H44FN/c1-52-31-11-12-32-53(52,2)56(43-24-22-42(55)23-25-43)50-30-21-37(33-39(50)35-52)38-20-27-47-49(34-38)54(40-14-5-3-6-15-40,41-16-7-4-8-17-41)48-29-28-45-44-18-10-9-13-36(44)19-26-46(45)51(47)48/h3-10,13-30,33-34H,11-12,31-32,35H2,1-2H3. The smallest absolute Gasteiger partial charge is 0.123 e. The third-order valence-corrected chi connectivity index (χ3v) is 14.2. The zero-order chi connectivity index (χ0) is 37.6. The second kappa shape index (κ2) is 12.3. The van der Waals surface area contributed by atoms with Gasteiger partial charge in [-0.25, -0.2) is 4.39 Å². The van der Waals surface area contributed by atoms with Crippen LogP contribution in [0.4, 0.5) is 15.8 Å². The van der Waals surface area contributed by atoms with Crippen molar-refractivity contribution >= 4 is 32.9 Å². The van der Waals surface area contributed by atoms with Gasteiger partial charge in [-0.1, -0.05) is 147 Å². The molecule has 56 heavy (non-hydrogen) atoms. The lowest BCUT2D eigenvalue weighted by Gasteiger charge is -2.60. The molecule has 0 aromatic heterocycles. The molecule has 0 saturated heterocycles. The van der Waals surface area contributed by atoms with Crippen LogP contribution < -0.4 is 4.90 Å². The summed E-state index contributed by atoms with van der Waals surface area (Å²) in [5.74, 6) is -0.194. The minimum absolute atomic E-state index is 0.0595. The van der Waals surface area contributed by atoms with E-state index in [-0.39, 0.29) is 16.8 Å². The maximum absolute atomic E-state index is 14.3. The Bertz CT molecular complexity index is 2780. The van der Waals surface area contributed by atoms with Crippen molar-refractivity contribution in [3.05, 3.63) is 203 Å². The monoisotopic (exact) mass is 725 g/mol. The molecule has 1 fully saturated rings. The summed E-state index contributed by atoms with van der Waals surface area (Å²) < 4.78 is 14.3. The van der Waals surface area contributed by atoms with Crippen LogP contribution in [-0.2, 0) is 11.8 Å². The average Bonchev–Trinajstić information content (AvgIpc) is 3.54. The van der Waals surface area contributed by atoms with Crippen molar-refractivity contribution in [2.75, 3.05) is 4.90 Å². The van der Waals surface area contributed by atoms with Crippen molar-refractivity contribution in [1.29, 1.82) is 0 Å². The quantitative estimate of drug-likeness (QED) is 0.163. The second-order valence-electron chi connectivity index (χ2n) is 17.0. The first-order chi connectivity index (χ1) is 27.4. The van der Waals surface area contributed by atoms with E-state index < -0.39 is 5.41 Å². The third kappa shape index (κ3) is 4.59. The molecule has 0 spiro atoms. The molecule has 1 heterocycles. The number of anilines is 2. The van der Waals surface area contributed by atoms with Gasteiger partial charge in [0.2, 0.25) is 0 Å². The predicted octanol–water partition coefficient (Wildman–Crippen LogP) is 14.2. The van der Waals surface area contributed by atoms with Gasteiger partial charge in [-0.2, -0.15) is 0 Å². The number of benzene rings is 8. The van der Waals surface area contributed by atoms with E-state index in [2.05, 4.69) is 164 Å². The van der Waals surface area contributed by atoms with Crippen LogP contribution in [-0.4, -0.2) is 5.54 Å². The topological polar surface area (TPSA) is 3.24 Å². The molecule has 2 atom stereocenters. The first kappa shape index (κ1) is 33.4. The van der Waals surface area contributed by atoms with Crippen molar-refractivity contribution in [3.8, 4) is 22.3 Å². The number of nitrogens with zero attached hydrogens (tertiary/aromatic N) is 1. The summed E-state index contributed by atoms with van der Waals surface area (Å²) in [4.78, 5) is 2.55. The third-order valence-electron chi connectivity index (χ3n) is 14.2. The molecule has 8 aromatic carbocycles. The molecule has 8 aromatic rings. The lowest BCUT2D eigenvalue weighted by atomic mass is 9.57. The summed E-state index contributed by atoms with van der Waals surface area (Å²) in [5, 5.41) is 5.13. The fraction of sp³-hybridized carbons (Fsp3) is 0.185. The van der Waals surface area contributed by atoms with Crippen LogP contribution in [0.2, 0.25) is 0 Å². The first-order valence-electron chi connectivity index (χ1n) is 20.3. The van der Waals surface area contributed by atoms with Crippen molar-refractivity contribution < 1.29 is 4.39 Å². The molecule has 272 valence electrons. The molecule has 2 unspecified atom stereocenters. The molecule has 3 aliphatic rings. The van der Waals surface area contributed by atoms with Crippen molar-refractivity contribution in [3.63, 3.8) is 0 Å². The van der Waals surface area contributed by atoms with E-state index in [4.69, 9.17) is 0 Å². The Morgan fingerprint density at radius 3 is 1.96 bits per heavy atom. The van der Waals surface area contributed by atoms with Gasteiger partial charge >= 0.3 is 0 Å². The van der Waals surface area contributed by atoms with Gasteiger partial charge in [-0.05, 0) is 146 Å². The van der Waals surface area contributed by atoms with E-state index in [1.54, 1.807) is 12.1 Å². The van der Waals surface area contributed by atoms with E-state index in [0.29, 0.717) is 0 Å². The minimum atomic E-state index is -0.506. The SMILES string of the molecule is CC12CCCCC1(C)N(c1ccc(F)cc1)c1ccc(-c3ccc4c(c3)C(c3ccccc3)(c3ccccc3)c3ccc5c(ccc6ccccc65)c3-4)cc1C2. The van der Waals surface area contributed by atoms with Gasteiger partial charge in [0, 0.05) is 16.9 Å². The number of hydrogen-bond acceptors (Lipinski definition) is 1. The molecule has 1 saturated carbocycles. The van der Waals surface area contributed by atoms with Gasteiger partial charge in [-0.3, -0.25) is 0 Å². The summed E-state index contributed by atoms with van der Waals surface area (Å²) in [7, 11) is 0.